The molecule has 1 aromatic carbocycles. The number of ketones is 1. The Balaban J connectivity index is 1.67. The lowest BCUT2D eigenvalue weighted by molar-refractivity contribution is -0.140. The minimum atomic E-state index is -1.09. The third kappa shape index (κ3) is 6.64. The van der Waals surface area contributed by atoms with E-state index in [0.29, 0.717) is 19.5 Å². The highest BCUT2D eigenvalue weighted by Crippen LogP contribution is 2.10. The number of hydrogen-bond acceptors (Lipinski definition) is 6. The van der Waals surface area contributed by atoms with E-state index >= 15 is 0 Å². The molecule has 0 aliphatic carbocycles. The summed E-state index contributed by atoms with van der Waals surface area (Å²) in [5, 5.41) is 12.0. The number of aromatic nitrogens is 2. The first-order valence-corrected chi connectivity index (χ1v) is 11.0. The maximum absolute atomic E-state index is 13.0. The molecule has 3 N–H and O–H groups in total. The van der Waals surface area contributed by atoms with E-state index in [0.717, 1.165) is 11.3 Å². The topological polar surface area (TPSA) is 131 Å². The molecule has 176 valence electrons. The number of alkyl carbamates (subject to hydrolysis) is 1. The molecule has 1 aliphatic heterocycles. The van der Waals surface area contributed by atoms with Gasteiger partial charge in [0.1, 0.15) is 18.7 Å². The zero-order chi connectivity index (χ0) is 23.8. The summed E-state index contributed by atoms with van der Waals surface area (Å²) in [6, 6.07) is 8.88. The Hall–Kier alpha value is -3.69. The number of rotatable bonds is 6. The minimum Gasteiger partial charge on any atom is -0.445 e. The lowest BCUT2D eigenvalue weighted by Crippen LogP contribution is -2.56. The molecule has 10 heteroatoms. The molecular formula is C23H29N5O5. The van der Waals surface area contributed by atoms with Gasteiger partial charge < -0.3 is 20.7 Å². The molecule has 1 aromatic heterocycles. The summed E-state index contributed by atoms with van der Waals surface area (Å²) in [7, 11) is 0. The average Bonchev–Trinajstić information content (AvgIpc) is 3.24. The summed E-state index contributed by atoms with van der Waals surface area (Å²) in [4.78, 5) is 50.3. The van der Waals surface area contributed by atoms with Gasteiger partial charge in [0.05, 0.1) is 0 Å². The van der Waals surface area contributed by atoms with Crippen LogP contribution in [0.1, 0.15) is 31.5 Å². The molecule has 2 heterocycles. The van der Waals surface area contributed by atoms with Crippen LogP contribution in [0.2, 0.25) is 0 Å². The lowest BCUT2D eigenvalue weighted by atomic mass is 10.0. The van der Waals surface area contributed by atoms with Gasteiger partial charge in [0.15, 0.2) is 0 Å². The Kier molecular flexibility index (Phi) is 8.17. The summed E-state index contributed by atoms with van der Waals surface area (Å²) >= 11 is 0. The van der Waals surface area contributed by atoms with Crippen LogP contribution in [-0.2, 0) is 38.7 Å². The second kappa shape index (κ2) is 11.3. The molecule has 2 unspecified atom stereocenters. The van der Waals surface area contributed by atoms with Gasteiger partial charge in [-0.1, -0.05) is 44.2 Å². The highest BCUT2D eigenvalue weighted by molar-refractivity contribution is 6.38. The molecule has 0 radical (unpaired) electrons. The Bertz CT molecular complexity index is 988. The second-order valence-electron chi connectivity index (χ2n) is 8.21. The Morgan fingerprint density at radius 1 is 1.21 bits per heavy atom. The zero-order valence-corrected chi connectivity index (χ0v) is 18.7. The lowest BCUT2D eigenvalue weighted by Gasteiger charge is -2.25. The minimum absolute atomic E-state index is 0.0599. The molecule has 3 amide bonds. The molecule has 0 bridgehead atoms. The molecule has 0 saturated heterocycles. The number of Topliss-reactive ketones (excluding diaryl/α,β-unsaturated/α-hetero) is 1. The Morgan fingerprint density at radius 2 is 1.97 bits per heavy atom. The Morgan fingerprint density at radius 3 is 2.70 bits per heavy atom. The summed E-state index contributed by atoms with van der Waals surface area (Å²) in [5.74, 6) is -2.35. The number of fused-ring (bicyclic) bond motifs is 1. The van der Waals surface area contributed by atoms with Crippen molar-refractivity contribution in [2.75, 3.05) is 6.54 Å². The molecule has 1 aliphatic rings. The van der Waals surface area contributed by atoms with Gasteiger partial charge in [-0.25, -0.2) is 4.79 Å². The number of nitrogens with zero attached hydrogens (tertiary/aromatic N) is 2. The van der Waals surface area contributed by atoms with Crippen molar-refractivity contribution in [2.24, 2.45) is 5.92 Å². The number of ether oxygens (including phenoxy) is 1. The fourth-order valence-corrected chi connectivity index (χ4v) is 3.52. The van der Waals surface area contributed by atoms with Crippen LogP contribution in [0, 0.1) is 5.92 Å². The monoisotopic (exact) mass is 455 g/mol. The van der Waals surface area contributed by atoms with Gasteiger partial charge in [-0.15, -0.1) is 0 Å². The summed E-state index contributed by atoms with van der Waals surface area (Å²) in [6.07, 6.45) is 1.62. The smallest absolute Gasteiger partial charge is 0.408 e. The molecule has 10 nitrogen and oxygen atoms in total. The molecule has 0 fully saturated rings. The van der Waals surface area contributed by atoms with Crippen molar-refractivity contribution in [1.29, 1.82) is 0 Å². The van der Waals surface area contributed by atoms with Crippen molar-refractivity contribution >= 4 is 23.7 Å². The largest absolute Gasteiger partial charge is 0.445 e. The van der Waals surface area contributed by atoms with E-state index in [2.05, 4.69) is 21.0 Å². The maximum Gasteiger partial charge on any atom is 0.408 e. The number of amides is 3. The van der Waals surface area contributed by atoms with Crippen LogP contribution in [0.15, 0.2) is 42.6 Å². The average molecular weight is 456 g/mol. The predicted molar refractivity (Wildman–Crippen MR) is 119 cm³/mol. The number of hydrogen-bond donors (Lipinski definition) is 3. The van der Waals surface area contributed by atoms with Gasteiger partial charge in [0, 0.05) is 31.4 Å². The van der Waals surface area contributed by atoms with E-state index in [1.165, 1.54) is 0 Å². The Labute approximate surface area is 192 Å². The van der Waals surface area contributed by atoms with Gasteiger partial charge in [-0.3, -0.25) is 19.1 Å². The standard InChI is InChI=1S/C23H29N5O5/c1-15(2)19(27-23(32)33-14-16-7-4-3-5-8-16)21(30)26-18-13-17-9-11-25-28(17)12-6-10-24-22(31)20(18)29/h3-5,7-9,11,15,18-19H,6,10,12-14H2,1-2H3,(H,24,31)(H,26,30)(H,27,32). The van der Waals surface area contributed by atoms with Crippen molar-refractivity contribution in [3.63, 3.8) is 0 Å². The van der Waals surface area contributed by atoms with E-state index in [1.807, 2.05) is 30.3 Å². The first kappa shape index (κ1) is 24.0. The molecule has 2 aromatic rings. The number of aryl methyl sites for hydroxylation is 1. The van der Waals surface area contributed by atoms with Crippen LogP contribution in [0.3, 0.4) is 0 Å². The number of benzene rings is 1. The summed E-state index contributed by atoms with van der Waals surface area (Å²) < 4.78 is 6.97. The molecule has 3 rings (SSSR count). The molecule has 2 atom stereocenters. The number of nitrogens with one attached hydrogen (secondary N) is 3. The van der Waals surface area contributed by atoms with Crippen LogP contribution in [0.4, 0.5) is 4.79 Å². The van der Waals surface area contributed by atoms with E-state index in [1.54, 1.807) is 30.8 Å². The first-order valence-electron chi connectivity index (χ1n) is 11.0. The maximum atomic E-state index is 13.0. The SMILES string of the molecule is CC(C)C(NC(=O)OCc1ccccc1)C(=O)NC1Cc2ccnn2CCCNC(=O)C1=O. The molecule has 33 heavy (non-hydrogen) atoms. The number of carbonyl (C=O) groups is 4. The fraction of sp³-hybridized carbons (Fsp3) is 0.435. The van der Waals surface area contributed by atoms with E-state index in [4.69, 9.17) is 4.74 Å². The van der Waals surface area contributed by atoms with Gasteiger partial charge in [-0.05, 0) is 24.0 Å². The highest BCUT2D eigenvalue weighted by atomic mass is 16.5. The van der Waals surface area contributed by atoms with Crippen molar-refractivity contribution < 1.29 is 23.9 Å². The van der Waals surface area contributed by atoms with E-state index in [9.17, 15) is 19.2 Å². The van der Waals surface area contributed by atoms with Gasteiger partial charge >= 0.3 is 6.09 Å². The molecule has 0 saturated carbocycles. The van der Waals surface area contributed by atoms with Gasteiger partial charge in [-0.2, -0.15) is 5.10 Å². The summed E-state index contributed by atoms with van der Waals surface area (Å²) in [5.41, 5.74) is 1.55. The van der Waals surface area contributed by atoms with Crippen molar-refractivity contribution in [2.45, 2.75) is 51.9 Å². The fourth-order valence-electron chi connectivity index (χ4n) is 3.52. The van der Waals surface area contributed by atoms with Crippen LogP contribution >= 0.6 is 0 Å². The quantitative estimate of drug-likeness (QED) is 0.556. The van der Waals surface area contributed by atoms with Crippen LogP contribution < -0.4 is 16.0 Å². The van der Waals surface area contributed by atoms with E-state index < -0.39 is 35.8 Å². The third-order valence-corrected chi connectivity index (χ3v) is 5.34. The summed E-state index contributed by atoms with van der Waals surface area (Å²) in [6.45, 7) is 4.50. The van der Waals surface area contributed by atoms with Gasteiger partial charge in [0.25, 0.3) is 5.91 Å². The van der Waals surface area contributed by atoms with Gasteiger partial charge in [0.2, 0.25) is 11.7 Å². The predicted octanol–water partition coefficient (Wildman–Crippen LogP) is 0.950. The normalized spacial score (nSPS) is 17.5. The van der Waals surface area contributed by atoms with Crippen molar-refractivity contribution in [3.8, 4) is 0 Å². The second-order valence-corrected chi connectivity index (χ2v) is 8.21. The third-order valence-electron chi connectivity index (χ3n) is 5.34. The highest BCUT2D eigenvalue weighted by Gasteiger charge is 2.32. The van der Waals surface area contributed by atoms with Crippen LogP contribution in [0.5, 0.6) is 0 Å². The van der Waals surface area contributed by atoms with E-state index in [-0.39, 0.29) is 18.9 Å². The first-order chi connectivity index (χ1) is 15.8. The number of carbonyl (C=O) groups excluding carboxylic acids is 4. The van der Waals surface area contributed by atoms with Crippen molar-refractivity contribution in [3.05, 3.63) is 53.9 Å². The molecule has 0 spiro atoms. The molecular weight excluding hydrogens is 426 g/mol. The van der Waals surface area contributed by atoms with Crippen LogP contribution in [0.25, 0.3) is 0 Å². The zero-order valence-electron chi connectivity index (χ0n) is 18.7. The van der Waals surface area contributed by atoms with Crippen molar-refractivity contribution in [1.82, 2.24) is 25.7 Å². The van der Waals surface area contributed by atoms with Crippen LogP contribution in [-0.4, -0.2) is 52.1 Å².